The van der Waals surface area contributed by atoms with Crippen LogP contribution in [0.4, 0.5) is 0 Å². The molecule has 2 heterocycles. The van der Waals surface area contributed by atoms with Gasteiger partial charge in [-0.05, 0) is 47.7 Å². The zero-order chi connectivity index (χ0) is 9.97. The van der Waals surface area contributed by atoms with E-state index < -0.39 is 0 Å². The van der Waals surface area contributed by atoms with Crippen LogP contribution in [0.3, 0.4) is 0 Å². The van der Waals surface area contributed by atoms with Crippen molar-refractivity contribution in [3.63, 3.8) is 0 Å². The number of ether oxygens (including phenoxy) is 1. The molecule has 0 N–H and O–H groups in total. The fraction of sp³-hybridized carbons (Fsp3) is 0.700. The number of aryl methyl sites for hydroxylation is 1. The topological polar surface area (TPSA) is 27.1 Å². The summed E-state index contributed by atoms with van der Waals surface area (Å²) in [5, 5.41) is 4.43. The molecule has 0 unspecified atom stereocenters. The second-order valence-electron chi connectivity index (χ2n) is 3.85. The number of nitrogens with zero attached hydrogens (tertiary/aromatic N) is 2. The molecule has 0 atom stereocenters. The van der Waals surface area contributed by atoms with E-state index in [9.17, 15) is 0 Å². The van der Waals surface area contributed by atoms with Gasteiger partial charge in [0.05, 0.1) is 5.69 Å². The Labute approximate surface area is 92.6 Å². The minimum Gasteiger partial charge on any atom is -0.381 e. The molecule has 0 aromatic carbocycles. The van der Waals surface area contributed by atoms with Gasteiger partial charge in [-0.25, -0.2) is 0 Å². The Morgan fingerprint density at radius 2 is 2.29 bits per heavy atom. The molecule has 0 spiro atoms. The SMILES string of the molecule is Cc1cc(Br)n(CC2CCOCC2)n1. The van der Waals surface area contributed by atoms with Gasteiger partial charge in [-0.15, -0.1) is 0 Å². The first-order valence-corrected chi connectivity index (χ1v) is 5.82. The van der Waals surface area contributed by atoms with E-state index in [0.29, 0.717) is 0 Å². The lowest BCUT2D eigenvalue weighted by molar-refractivity contribution is 0.0599. The van der Waals surface area contributed by atoms with Gasteiger partial charge in [-0.2, -0.15) is 5.10 Å². The molecule has 0 radical (unpaired) electrons. The van der Waals surface area contributed by atoms with Crippen LogP contribution in [0.5, 0.6) is 0 Å². The lowest BCUT2D eigenvalue weighted by Crippen LogP contribution is -2.21. The number of hydrogen-bond donors (Lipinski definition) is 0. The molecular formula is C10H15BrN2O. The number of halogens is 1. The predicted molar refractivity (Wildman–Crippen MR) is 58.2 cm³/mol. The molecule has 1 aliphatic rings. The van der Waals surface area contributed by atoms with Gasteiger partial charge in [-0.1, -0.05) is 0 Å². The summed E-state index contributed by atoms with van der Waals surface area (Å²) in [6, 6.07) is 2.05. The van der Waals surface area contributed by atoms with Crippen molar-refractivity contribution in [1.29, 1.82) is 0 Å². The summed E-state index contributed by atoms with van der Waals surface area (Å²) in [5.41, 5.74) is 1.07. The van der Waals surface area contributed by atoms with Crippen molar-refractivity contribution < 1.29 is 4.74 Å². The molecule has 0 aliphatic carbocycles. The second kappa shape index (κ2) is 4.45. The smallest absolute Gasteiger partial charge is 0.104 e. The monoisotopic (exact) mass is 258 g/mol. The molecule has 78 valence electrons. The van der Waals surface area contributed by atoms with Crippen LogP contribution in [0.1, 0.15) is 18.5 Å². The summed E-state index contributed by atoms with van der Waals surface area (Å²) in [7, 11) is 0. The molecule has 14 heavy (non-hydrogen) atoms. The maximum absolute atomic E-state index is 5.33. The van der Waals surface area contributed by atoms with Crippen LogP contribution in [-0.2, 0) is 11.3 Å². The van der Waals surface area contributed by atoms with Gasteiger partial charge in [-0.3, -0.25) is 4.68 Å². The Kier molecular flexibility index (Phi) is 3.23. The van der Waals surface area contributed by atoms with Gasteiger partial charge in [0.15, 0.2) is 0 Å². The Bertz CT molecular complexity index is 305. The Balaban J connectivity index is 1.98. The van der Waals surface area contributed by atoms with Crippen molar-refractivity contribution in [2.24, 2.45) is 5.92 Å². The van der Waals surface area contributed by atoms with Crippen LogP contribution in [0.15, 0.2) is 10.7 Å². The van der Waals surface area contributed by atoms with Gasteiger partial charge in [0.1, 0.15) is 4.60 Å². The van der Waals surface area contributed by atoms with Crippen LogP contribution in [0.2, 0.25) is 0 Å². The van der Waals surface area contributed by atoms with Gasteiger partial charge in [0.2, 0.25) is 0 Å². The van der Waals surface area contributed by atoms with Gasteiger partial charge < -0.3 is 4.74 Å². The molecule has 1 saturated heterocycles. The summed E-state index contributed by atoms with van der Waals surface area (Å²) in [5.74, 6) is 0.722. The van der Waals surface area contributed by atoms with E-state index in [1.165, 1.54) is 0 Å². The van der Waals surface area contributed by atoms with E-state index >= 15 is 0 Å². The van der Waals surface area contributed by atoms with Crippen LogP contribution in [0, 0.1) is 12.8 Å². The van der Waals surface area contributed by atoms with Gasteiger partial charge >= 0.3 is 0 Å². The summed E-state index contributed by atoms with van der Waals surface area (Å²) in [6.07, 6.45) is 2.32. The Hall–Kier alpha value is -0.350. The zero-order valence-corrected chi connectivity index (χ0v) is 9.96. The van der Waals surface area contributed by atoms with E-state index in [-0.39, 0.29) is 0 Å². The molecule has 3 nitrogen and oxygen atoms in total. The summed E-state index contributed by atoms with van der Waals surface area (Å²) in [4.78, 5) is 0. The van der Waals surface area contributed by atoms with Crippen LogP contribution >= 0.6 is 15.9 Å². The average Bonchev–Trinajstić information content (AvgIpc) is 2.47. The van der Waals surface area contributed by atoms with E-state index in [1.54, 1.807) is 0 Å². The van der Waals surface area contributed by atoms with Crippen molar-refractivity contribution in [2.75, 3.05) is 13.2 Å². The third kappa shape index (κ3) is 2.36. The van der Waals surface area contributed by atoms with E-state index in [1.807, 2.05) is 11.6 Å². The van der Waals surface area contributed by atoms with Crippen molar-refractivity contribution in [3.05, 3.63) is 16.4 Å². The number of aromatic nitrogens is 2. The summed E-state index contributed by atoms with van der Waals surface area (Å²) >= 11 is 3.51. The first-order valence-electron chi connectivity index (χ1n) is 5.03. The quantitative estimate of drug-likeness (QED) is 0.815. The van der Waals surface area contributed by atoms with Crippen molar-refractivity contribution in [1.82, 2.24) is 9.78 Å². The molecule has 1 aromatic heterocycles. The molecule has 2 rings (SSSR count). The lowest BCUT2D eigenvalue weighted by atomic mass is 10.0. The molecule has 0 saturated carbocycles. The Morgan fingerprint density at radius 1 is 1.57 bits per heavy atom. The molecule has 1 aliphatic heterocycles. The molecular weight excluding hydrogens is 244 g/mol. The largest absolute Gasteiger partial charge is 0.381 e. The molecule has 0 amide bonds. The number of rotatable bonds is 2. The van der Waals surface area contributed by atoms with Gasteiger partial charge in [0.25, 0.3) is 0 Å². The molecule has 1 fully saturated rings. The van der Waals surface area contributed by atoms with Crippen molar-refractivity contribution in [3.8, 4) is 0 Å². The zero-order valence-electron chi connectivity index (χ0n) is 8.37. The third-order valence-electron chi connectivity index (χ3n) is 2.63. The van der Waals surface area contributed by atoms with E-state index in [4.69, 9.17) is 4.74 Å². The van der Waals surface area contributed by atoms with E-state index in [2.05, 4.69) is 27.1 Å². The summed E-state index contributed by atoms with van der Waals surface area (Å²) < 4.78 is 8.46. The maximum Gasteiger partial charge on any atom is 0.104 e. The second-order valence-corrected chi connectivity index (χ2v) is 4.66. The van der Waals surface area contributed by atoms with Crippen LogP contribution in [-0.4, -0.2) is 23.0 Å². The molecule has 1 aromatic rings. The highest BCUT2D eigenvalue weighted by atomic mass is 79.9. The van der Waals surface area contributed by atoms with Crippen LogP contribution < -0.4 is 0 Å². The normalized spacial score (nSPS) is 18.7. The van der Waals surface area contributed by atoms with E-state index in [0.717, 1.165) is 48.8 Å². The highest BCUT2D eigenvalue weighted by molar-refractivity contribution is 9.10. The average molecular weight is 259 g/mol. The summed E-state index contributed by atoms with van der Waals surface area (Å²) in [6.45, 7) is 4.84. The fourth-order valence-electron chi connectivity index (χ4n) is 1.82. The minimum atomic E-state index is 0.722. The Morgan fingerprint density at radius 3 is 2.86 bits per heavy atom. The molecule has 0 bridgehead atoms. The minimum absolute atomic E-state index is 0.722. The number of hydrogen-bond acceptors (Lipinski definition) is 2. The fourth-order valence-corrected chi connectivity index (χ4v) is 2.37. The van der Waals surface area contributed by atoms with Gasteiger partial charge in [0, 0.05) is 19.8 Å². The van der Waals surface area contributed by atoms with Crippen molar-refractivity contribution >= 4 is 15.9 Å². The highest BCUT2D eigenvalue weighted by Crippen LogP contribution is 2.19. The van der Waals surface area contributed by atoms with Crippen LogP contribution in [0.25, 0.3) is 0 Å². The molecule has 4 heteroatoms. The standard InChI is InChI=1S/C10H15BrN2O/c1-8-6-10(11)13(12-8)7-9-2-4-14-5-3-9/h6,9H,2-5,7H2,1H3. The first kappa shape index (κ1) is 10.2. The lowest BCUT2D eigenvalue weighted by Gasteiger charge is -2.22. The maximum atomic E-state index is 5.33. The van der Waals surface area contributed by atoms with Crippen molar-refractivity contribution in [2.45, 2.75) is 26.3 Å². The third-order valence-corrected chi connectivity index (χ3v) is 3.26. The highest BCUT2D eigenvalue weighted by Gasteiger charge is 2.15. The first-order chi connectivity index (χ1) is 6.75. The predicted octanol–water partition coefficient (Wildman–Crippen LogP) is 2.38.